The number of piperidine rings is 1. The SMILES string of the molecule is COC(=O)c1ccc(Cn2c(=O)c3c(C(=O)N4CCCCC4)cc(C)nc3n(C)c2=O)cc1. The molecule has 1 amide bonds. The van der Waals surface area contributed by atoms with Crippen LogP contribution in [0.5, 0.6) is 0 Å². The molecule has 172 valence electrons. The molecular formula is C24H26N4O5. The number of carbonyl (C=O) groups excluding carboxylic acids is 2. The number of pyridine rings is 1. The average molecular weight is 450 g/mol. The van der Waals surface area contributed by atoms with E-state index in [4.69, 9.17) is 4.74 Å². The van der Waals surface area contributed by atoms with E-state index < -0.39 is 17.2 Å². The average Bonchev–Trinajstić information content (AvgIpc) is 2.84. The summed E-state index contributed by atoms with van der Waals surface area (Å²) in [5, 5.41) is 0.143. The molecule has 4 rings (SSSR count). The monoisotopic (exact) mass is 450 g/mol. The van der Waals surface area contributed by atoms with Gasteiger partial charge in [-0.05, 0) is 49.9 Å². The van der Waals surface area contributed by atoms with Gasteiger partial charge in [-0.3, -0.25) is 18.7 Å². The first kappa shape index (κ1) is 22.4. The number of aromatic nitrogens is 3. The summed E-state index contributed by atoms with van der Waals surface area (Å²) in [7, 11) is 2.84. The number of nitrogens with zero attached hydrogens (tertiary/aromatic N) is 4. The molecule has 3 heterocycles. The van der Waals surface area contributed by atoms with Gasteiger partial charge in [0.1, 0.15) is 5.65 Å². The smallest absolute Gasteiger partial charge is 0.337 e. The van der Waals surface area contributed by atoms with Gasteiger partial charge in [0.05, 0.1) is 30.2 Å². The first-order chi connectivity index (χ1) is 15.8. The molecule has 1 saturated heterocycles. The number of aryl methyl sites for hydroxylation is 2. The summed E-state index contributed by atoms with van der Waals surface area (Å²) >= 11 is 0. The summed E-state index contributed by atoms with van der Waals surface area (Å²) in [5.74, 6) is -0.683. The van der Waals surface area contributed by atoms with E-state index in [0.717, 1.165) is 23.8 Å². The van der Waals surface area contributed by atoms with Crippen LogP contribution in [0.4, 0.5) is 0 Å². The number of likely N-dealkylation sites (tertiary alicyclic amines) is 1. The number of rotatable bonds is 4. The van der Waals surface area contributed by atoms with Crippen molar-refractivity contribution in [1.82, 2.24) is 19.0 Å². The molecule has 3 aromatic rings. The fourth-order valence-electron chi connectivity index (χ4n) is 4.23. The van der Waals surface area contributed by atoms with E-state index in [1.165, 1.54) is 11.7 Å². The highest BCUT2D eigenvalue weighted by Gasteiger charge is 2.25. The highest BCUT2D eigenvalue weighted by Crippen LogP contribution is 2.19. The van der Waals surface area contributed by atoms with E-state index in [0.29, 0.717) is 29.9 Å². The number of hydrogen-bond donors (Lipinski definition) is 0. The van der Waals surface area contributed by atoms with Gasteiger partial charge in [0, 0.05) is 25.8 Å². The van der Waals surface area contributed by atoms with Gasteiger partial charge < -0.3 is 9.64 Å². The van der Waals surface area contributed by atoms with Gasteiger partial charge in [0.25, 0.3) is 11.5 Å². The lowest BCUT2D eigenvalue weighted by Crippen LogP contribution is -2.41. The molecule has 1 aliphatic rings. The topological polar surface area (TPSA) is 104 Å². The number of ether oxygens (including phenoxy) is 1. The summed E-state index contributed by atoms with van der Waals surface area (Å²) in [6.07, 6.45) is 2.94. The Kier molecular flexibility index (Phi) is 6.13. The molecule has 0 atom stereocenters. The van der Waals surface area contributed by atoms with Crippen LogP contribution in [0.3, 0.4) is 0 Å². The Morgan fingerprint density at radius 1 is 1.06 bits per heavy atom. The summed E-state index contributed by atoms with van der Waals surface area (Å²) in [6.45, 7) is 3.03. The third-order valence-electron chi connectivity index (χ3n) is 6.01. The van der Waals surface area contributed by atoms with Crippen LogP contribution in [0.15, 0.2) is 39.9 Å². The van der Waals surface area contributed by atoms with Crippen molar-refractivity contribution >= 4 is 22.9 Å². The van der Waals surface area contributed by atoms with Gasteiger partial charge >= 0.3 is 11.7 Å². The summed E-state index contributed by atoms with van der Waals surface area (Å²) in [5.41, 5.74) is 0.974. The fourth-order valence-corrected chi connectivity index (χ4v) is 4.23. The van der Waals surface area contributed by atoms with Gasteiger partial charge in [-0.15, -0.1) is 0 Å². The lowest BCUT2D eigenvalue weighted by Gasteiger charge is -2.27. The van der Waals surface area contributed by atoms with Crippen molar-refractivity contribution in [1.29, 1.82) is 0 Å². The number of benzene rings is 1. The molecule has 0 radical (unpaired) electrons. The van der Waals surface area contributed by atoms with E-state index in [1.807, 2.05) is 0 Å². The number of carbonyl (C=O) groups is 2. The van der Waals surface area contributed by atoms with E-state index in [9.17, 15) is 19.2 Å². The van der Waals surface area contributed by atoms with Gasteiger partial charge in [0.15, 0.2) is 0 Å². The maximum atomic E-state index is 13.5. The minimum atomic E-state index is -0.557. The van der Waals surface area contributed by atoms with E-state index in [2.05, 4.69) is 4.98 Å². The Morgan fingerprint density at radius 3 is 2.36 bits per heavy atom. The van der Waals surface area contributed by atoms with Crippen molar-refractivity contribution in [3.8, 4) is 0 Å². The number of methoxy groups -OCH3 is 1. The number of esters is 1. The second-order valence-electron chi connectivity index (χ2n) is 8.28. The summed E-state index contributed by atoms with van der Waals surface area (Å²) < 4.78 is 7.10. The largest absolute Gasteiger partial charge is 0.465 e. The normalized spacial score (nSPS) is 13.8. The highest BCUT2D eigenvalue weighted by atomic mass is 16.5. The van der Waals surface area contributed by atoms with E-state index >= 15 is 0 Å². The molecule has 1 aliphatic heterocycles. The summed E-state index contributed by atoms with van der Waals surface area (Å²) in [4.78, 5) is 57.7. The highest BCUT2D eigenvalue weighted by molar-refractivity contribution is 6.05. The van der Waals surface area contributed by atoms with Crippen LogP contribution in [0.25, 0.3) is 11.0 Å². The van der Waals surface area contributed by atoms with Crippen LogP contribution in [0.1, 0.15) is 51.2 Å². The second kappa shape index (κ2) is 9.01. The van der Waals surface area contributed by atoms with Gasteiger partial charge in [-0.1, -0.05) is 12.1 Å². The Balaban J connectivity index is 1.84. The number of amides is 1. The first-order valence-electron chi connectivity index (χ1n) is 10.9. The Morgan fingerprint density at radius 2 is 1.73 bits per heavy atom. The van der Waals surface area contributed by atoms with Crippen molar-refractivity contribution in [3.63, 3.8) is 0 Å². The van der Waals surface area contributed by atoms with Crippen molar-refractivity contribution in [2.24, 2.45) is 7.05 Å². The minimum Gasteiger partial charge on any atom is -0.465 e. The Labute approximate surface area is 190 Å². The third-order valence-corrected chi connectivity index (χ3v) is 6.01. The maximum absolute atomic E-state index is 13.5. The predicted octanol–water partition coefficient (Wildman–Crippen LogP) is 1.86. The van der Waals surface area contributed by atoms with Crippen molar-refractivity contribution < 1.29 is 14.3 Å². The van der Waals surface area contributed by atoms with Crippen LogP contribution in [-0.4, -0.2) is 51.1 Å². The molecule has 1 aromatic carbocycles. The van der Waals surface area contributed by atoms with E-state index in [-0.39, 0.29) is 29.0 Å². The molecule has 9 nitrogen and oxygen atoms in total. The van der Waals surface area contributed by atoms with Crippen LogP contribution in [0.2, 0.25) is 0 Å². The predicted molar refractivity (Wildman–Crippen MR) is 123 cm³/mol. The molecule has 2 aromatic heterocycles. The fraction of sp³-hybridized carbons (Fsp3) is 0.375. The minimum absolute atomic E-state index is 0.00583. The quantitative estimate of drug-likeness (QED) is 0.562. The molecule has 0 bridgehead atoms. The zero-order valence-corrected chi connectivity index (χ0v) is 19.0. The molecule has 1 fully saturated rings. The Bertz CT molecular complexity index is 1350. The van der Waals surface area contributed by atoms with Gasteiger partial charge in [-0.25, -0.2) is 14.6 Å². The van der Waals surface area contributed by atoms with Gasteiger partial charge in [0.2, 0.25) is 0 Å². The van der Waals surface area contributed by atoms with E-state index in [1.54, 1.807) is 49.2 Å². The molecular weight excluding hydrogens is 424 g/mol. The van der Waals surface area contributed by atoms with Crippen LogP contribution in [-0.2, 0) is 18.3 Å². The second-order valence-corrected chi connectivity index (χ2v) is 8.28. The molecule has 0 aliphatic carbocycles. The maximum Gasteiger partial charge on any atom is 0.337 e. The number of hydrogen-bond acceptors (Lipinski definition) is 6. The third kappa shape index (κ3) is 4.18. The Hall–Kier alpha value is -3.75. The van der Waals surface area contributed by atoms with Crippen molar-refractivity contribution in [3.05, 3.63) is 73.6 Å². The lowest BCUT2D eigenvalue weighted by atomic mass is 10.1. The molecule has 0 saturated carbocycles. The molecule has 0 N–H and O–H groups in total. The zero-order chi connectivity index (χ0) is 23.7. The first-order valence-corrected chi connectivity index (χ1v) is 10.9. The molecule has 33 heavy (non-hydrogen) atoms. The van der Waals surface area contributed by atoms with Crippen LogP contribution in [0, 0.1) is 6.92 Å². The molecule has 0 unspecified atom stereocenters. The standard InChI is InChI=1S/C24H26N4O5/c1-15-13-18(21(29)27-11-5-4-6-12-27)19-20(25-15)26(2)24(32)28(22(19)30)14-16-7-9-17(10-8-16)23(31)33-3/h7-10,13H,4-6,11-12,14H2,1-3H3. The van der Waals surface area contributed by atoms with Crippen molar-refractivity contribution in [2.45, 2.75) is 32.7 Å². The zero-order valence-electron chi connectivity index (χ0n) is 19.0. The van der Waals surface area contributed by atoms with Crippen LogP contribution < -0.4 is 11.2 Å². The molecule has 9 heteroatoms. The van der Waals surface area contributed by atoms with Gasteiger partial charge in [-0.2, -0.15) is 0 Å². The van der Waals surface area contributed by atoms with Crippen LogP contribution >= 0.6 is 0 Å². The molecule has 0 spiro atoms. The lowest BCUT2D eigenvalue weighted by molar-refractivity contribution is 0.0600. The number of fused-ring (bicyclic) bond motifs is 1. The van der Waals surface area contributed by atoms with Crippen molar-refractivity contribution in [2.75, 3.05) is 20.2 Å². The summed E-state index contributed by atoms with van der Waals surface area (Å²) in [6, 6.07) is 8.10.